The van der Waals surface area contributed by atoms with Crippen molar-refractivity contribution in [1.29, 1.82) is 0 Å². The summed E-state index contributed by atoms with van der Waals surface area (Å²) < 4.78 is 0. The van der Waals surface area contributed by atoms with Crippen LogP contribution in [0.2, 0.25) is 0 Å². The predicted molar refractivity (Wildman–Crippen MR) is 63.4 cm³/mol. The van der Waals surface area contributed by atoms with Gasteiger partial charge in [-0.15, -0.1) is 12.3 Å². The van der Waals surface area contributed by atoms with Crippen molar-refractivity contribution in [3.63, 3.8) is 0 Å². The maximum atomic E-state index is 11.4. The number of unbranched alkanes of at least 4 members (excludes halogenated alkanes) is 1. The van der Waals surface area contributed by atoms with Crippen LogP contribution in [-0.4, -0.2) is 25.0 Å². The lowest BCUT2D eigenvalue weighted by atomic mass is 10.1. The number of amides is 1. The first-order valence-corrected chi connectivity index (χ1v) is 5.51. The third-order valence-electron chi connectivity index (χ3n) is 2.35. The SMILES string of the molecule is C#CCCCNCC(=O)NC(C)C(C)C. The number of terminal acetylenes is 1. The molecule has 0 rings (SSSR count). The molecule has 15 heavy (non-hydrogen) atoms. The van der Waals surface area contributed by atoms with Crippen LogP contribution >= 0.6 is 0 Å². The summed E-state index contributed by atoms with van der Waals surface area (Å²) in [7, 11) is 0. The molecule has 0 heterocycles. The zero-order valence-electron chi connectivity index (χ0n) is 9.97. The van der Waals surface area contributed by atoms with Gasteiger partial charge in [0.1, 0.15) is 0 Å². The molecule has 1 amide bonds. The van der Waals surface area contributed by atoms with Gasteiger partial charge in [0.15, 0.2) is 0 Å². The first kappa shape index (κ1) is 14.0. The second-order valence-electron chi connectivity index (χ2n) is 4.08. The van der Waals surface area contributed by atoms with E-state index in [9.17, 15) is 4.79 Å². The van der Waals surface area contributed by atoms with Gasteiger partial charge in [0.05, 0.1) is 6.54 Å². The molecule has 0 aliphatic heterocycles. The topological polar surface area (TPSA) is 41.1 Å². The zero-order chi connectivity index (χ0) is 11.7. The molecule has 0 aromatic rings. The molecular weight excluding hydrogens is 188 g/mol. The first-order valence-electron chi connectivity index (χ1n) is 5.51. The van der Waals surface area contributed by atoms with Crippen molar-refractivity contribution in [2.24, 2.45) is 5.92 Å². The summed E-state index contributed by atoms with van der Waals surface area (Å²) in [5.41, 5.74) is 0. The Morgan fingerprint density at radius 3 is 2.60 bits per heavy atom. The Kier molecular flexibility index (Phi) is 7.75. The van der Waals surface area contributed by atoms with Crippen LogP contribution in [0.15, 0.2) is 0 Å². The summed E-state index contributed by atoms with van der Waals surface area (Å²) in [5, 5.41) is 5.99. The summed E-state index contributed by atoms with van der Waals surface area (Å²) >= 11 is 0. The van der Waals surface area contributed by atoms with Gasteiger partial charge in [0.25, 0.3) is 0 Å². The minimum absolute atomic E-state index is 0.0527. The Labute approximate surface area is 93.0 Å². The average molecular weight is 210 g/mol. The normalized spacial score (nSPS) is 12.2. The van der Waals surface area contributed by atoms with Crippen molar-refractivity contribution >= 4 is 5.91 Å². The quantitative estimate of drug-likeness (QED) is 0.489. The predicted octanol–water partition coefficient (Wildman–Crippen LogP) is 1.15. The third kappa shape index (κ3) is 8.02. The Bertz CT molecular complexity index is 218. The molecule has 0 bridgehead atoms. The van der Waals surface area contributed by atoms with Crippen LogP contribution in [0.4, 0.5) is 0 Å². The fourth-order valence-electron chi connectivity index (χ4n) is 0.989. The average Bonchev–Trinajstić information content (AvgIpc) is 2.17. The summed E-state index contributed by atoms with van der Waals surface area (Å²) in [6, 6.07) is 0.227. The first-order chi connectivity index (χ1) is 7.07. The van der Waals surface area contributed by atoms with Crippen LogP contribution in [0.25, 0.3) is 0 Å². The van der Waals surface area contributed by atoms with E-state index in [1.54, 1.807) is 0 Å². The molecule has 0 radical (unpaired) electrons. The maximum Gasteiger partial charge on any atom is 0.234 e. The molecule has 0 spiro atoms. The Morgan fingerprint density at radius 2 is 2.07 bits per heavy atom. The van der Waals surface area contributed by atoms with E-state index in [4.69, 9.17) is 6.42 Å². The van der Waals surface area contributed by atoms with Gasteiger partial charge in [-0.3, -0.25) is 4.79 Å². The van der Waals surface area contributed by atoms with E-state index in [2.05, 4.69) is 30.4 Å². The smallest absolute Gasteiger partial charge is 0.234 e. The molecule has 1 unspecified atom stereocenters. The molecule has 0 saturated heterocycles. The van der Waals surface area contributed by atoms with Crippen molar-refractivity contribution in [1.82, 2.24) is 10.6 Å². The fraction of sp³-hybridized carbons (Fsp3) is 0.750. The maximum absolute atomic E-state index is 11.4. The van der Waals surface area contributed by atoms with E-state index in [-0.39, 0.29) is 11.9 Å². The highest BCUT2D eigenvalue weighted by Crippen LogP contribution is 1.98. The van der Waals surface area contributed by atoms with Gasteiger partial charge >= 0.3 is 0 Å². The van der Waals surface area contributed by atoms with E-state index < -0.39 is 0 Å². The van der Waals surface area contributed by atoms with Crippen molar-refractivity contribution in [3.05, 3.63) is 0 Å². The van der Waals surface area contributed by atoms with E-state index in [0.717, 1.165) is 19.4 Å². The highest BCUT2D eigenvalue weighted by Gasteiger charge is 2.09. The second kappa shape index (κ2) is 8.31. The molecule has 2 N–H and O–H groups in total. The lowest BCUT2D eigenvalue weighted by Gasteiger charge is -2.17. The van der Waals surface area contributed by atoms with E-state index in [1.807, 2.05) is 6.92 Å². The lowest BCUT2D eigenvalue weighted by Crippen LogP contribution is -2.41. The standard InChI is InChI=1S/C12H22N2O/c1-5-6-7-8-13-9-12(15)14-11(4)10(2)3/h1,10-11,13H,6-9H2,2-4H3,(H,14,15). The van der Waals surface area contributed by atoms with Crippen molar-refractivity contribution < 1.29 is 4.79 Å². The van der Waals surface area contributed by atoms with Crippen molar-refractivity contribution in [3.8, 4) is 12.3 Å². The molecule has 1 atom stereocenters. The molecule has 0 aromatic heterocycles. The highest BCUT2D eigenvalue weighted by atomic mass is 16.1. The molecule has 3 heteroatoms. The summed E-state index contributed by atoms with van der Waals surface area (Å²) in [6.07, 6.45) is 6.79. The molecule has 0 aliphatic carbocycles. The number of hydrogen-bond donors (Lipinski definition) is 2. The lowest BCUT2D eigenvalue weighted by molar-refractivity contribution is -0.121. The van der Waals surface area contributed by atoms with Crippen LogP contribution in [0.1, 0.15) is 33.6 Å². The zero-order valence-corrected chi connectivity index (χ0v) is 9.97. The molecule has 0 aromatic carbocycles. The molecule has 0 fully saturated rings. The third-order valence-corrected chi connectivity index (χ3v) is 2.35. The molecule has 0 saturated carbocycles. The van der Waals surface area contributed by atoms with Crippen molar-refractivity contribution in [2.75, 3.05) is 13.1 Å². The van der Waals surface area contributed by atoms with Gasteiger partial charge in [0.2, 0.25) is 5.91 Å². The van der Waals surface area contributed by atoms with Crippen LogP contribution < -0.4 is 10.6 Å². The van der Waals surface area contributed by atoms with Gasteiger partial charge < -0.3 is 10.6 Å². The fourth-order valence-corrected chi connectivity index (χ4v) is 0.989. The summed E-state index contributed by atoms with van der Waals surface area (Å²) in [5.74, 6) is 3.08. The van der Waals surface area contributed by atoms with Crippen molar-refractivity contribution in [2.45, 2.75) is 39.7 Å². The van der Waals surface area contributed by atoms with E-state index >= 15 is 0 Å². The Morgan fingerprint density at radius 1 is 1.40 bits per heavy atom. The minimum Gasteiger partial charge on any atom is -0.352 e. The van der Waals surface area contributed by atoms with Gasteiger partial charge in [0, 0.05) is 12.5 Å². The summed E-state index contributed by atoms with van der Waals surface area (Å²) in [6.45, 7) is 7.37. The van der Waals surface area contributed by atoms with Gasteiger partial charge in [-0.05, 0) is 25.8 Å². The number of nitrogens with one attached hydrogen (secondary N) is 2. The van der Waals surface area contributed by atoms with Crippen LogP contribution in [-0.2, 0) is 4.79 Å². The van der Waals surface area contributed by atoms with Crippen LogP contribution in [0, 0.1) is 18.3 Å². The molecule has 3 nitrogen and oxygen atoms in total. The van der Waals surface area contributed by atoms with Gasteiger partial charge in [-0.2, -0.15) is 0 Å². The minimum atomic E-state index is 0.0527. The molecule has 0 aliphatic rings. The number of carbonyl (C=O) groups excluding carboxylic acids is 1. The number of rotatable bonds is 7. The number of hydrogen-bond acceptors (Lipinski definition) is 2. The van der Waals surface area contributed by atoms with E-state index in [0.29, 0.717) is 12.5 Å². The molecular formula is C12H22N2O. The monoisotopic (exact) mass is 210 g/mol. The van der Waals surface area contributed by atoms with Crippen LogP contribution in [0.5, 0.6) is 0 Å². The Hall–Kier alpha value is -1.01. The highest BCUT2D eigenvalue weighted by molar-refractivity contribution is 5.78. The molecule has 86 valence electrons. The van der Waals surface area contributed by atoms with Gasteiger partial charge in [-0.1, -0.05) is 13.8 Å². The Balaban J connectivity index is 3.46. The largest absolute Gasteiger partial charge is 0.352 e. The summed E-state index contributed by atoms with van der Waals surface area (Å²) in [4.78, 5) is 11.4. The van der Waals surface area contributed by atoms with Crippen LogP contribution in [0.3, 0.4) is 0 Å². The number of carbonyl (C=O) groups is 1. The van der Waals surface area contributed by atoms with E-state index in [1.165, 1.54) is 0 Å². The van der Waals surface area contributed by atoms with Gasteiger partial charge in [-0.25, -0.2) is 0 Å². The second-order valence-corrected chi connectivity index (χ2v) is 4.08.